The van der Waals surface area contributed by atoms with Gasteiger partial charge in [0, 0.05) is 10.9 Å². The molecule has 1 aromatic heterocycles. The Bertz CT molecular complexity index is 733. The van der Waals surface area contributed by atoms with Crippen molar-refractivity contribution in [2.45, 2.75) is 0 Å². The second kappa shape index (κ2) is 4.07. The van der Waals surface area contributed by atoms with Crippen molar-refractivity contribution in [3.8, 4) is 11.3 Å². The number of aromatic nitrogens is 1. The van der Waals surface area contributed by atoms with E-state index in [-0.39, 0.29) is 11.7 Å². The molecule has 0 aliphatic carbocycles. The quantitative estimate of drug-likeness (QED) is 0.645. The van der Waals surface area contributed by atoms with E-state index < -0.39 is 0 Å². The predicted molar refractivity (Wildman–Crippen MR) is 64.8 cm³/mol. The Labute approximate surface area is 102 Å². The number of nitrogens with zero attached hydrogens (tertiary/aromatic N) is 1. The summed E-state index contributed by atoms with van der Waals surface area (Å²) in [6.45, 7) is 0. The third-order valence-corrected chi connectivity index (χ3v) is 2.76. The Hall–Kier alpha value is -2.49. The molecule has 0 spiro atoms. The molecule has 0 saturated heterocycles. The van der Waals surface area contributed by atoms with E-state index in [0.717, 1.165) is 5.39 Å². The van der Waals surface area contributed by atoms with Gasteiger partial charge >= 0.3 is 0 Å². The molecule has 0 N–H and O–H groups in total. The summed E-state index contributed by atoms with van der Waals surface area (Å²) in [5.74, 6) is 0.177. The van der Waals surface area contributed by atoms with Crippen LogP contribution < -0.4 is 0 Å². The highest BCUT2D eigenvalue weighted by molar-refractivity contribution is 5.95. The molecule has 3 aromatic rings. The lowest BCUT2D eigenvalue weighted by Crippen LogP contribution is -1.83. The van der Waals surface area contributed by atoms with Gasteiger partial charge in [-0.2, -0.15) is 0 Å². The molecule has 0 atom stereocenters. The largest absolute Gasteiger partial charge is 0.434 e. The van der Waals surface area contributed by atoms with Gasteiger partial charge < -0.3 is 4.42 Å². The molecule has 0 aliphatic heterocycles. The average Bonchev–Trinajstić information content (AvgIpc) is 2.88. The molecular formula is C14H8FNO2. The fourth-order valence-corrected chi connectivity index (χ4v) is 1.94. The van der Waals surface area contributed by atoms with Gasteiger partial charge in [0.05, 0.1) is 6.20 Å². The SMILES string of the molecule is O=Cc1ncc(-c2ccc(F)c3ccccc23)o1. The third kappa shape index (κ3) is 1.59. The topological polar surface area (TPSA) is 43.1 Å². The maximum absolute atomic E-state index is 13.7. The molecule has 2 aromatic carbocycles. The van der Waals surface area contributed by atoms with Crippen LogP contribution in [-0.4, -0.2) is 11.3 Å². The number of halogens is 1. The van der Waals surface area contributed by atoms with Crippen LogP contribution in [0.4, 0.5) is 4.39 Å². The number of rotatable bonds is 2. The van der Waals surface area contributed by atoms with E-state index in [4.69, 9.17) is 4.42 Å². The molecule has 0 amide bonds. The number of carbonyl (C=O) groups is 1. The maximum Gasteiger partial charge on any atom is 0.260 e. The van der Waals surface area contributed by atoms with Crippen LogP contribution in [0.25, 0.3) is 22.1 Å². The van der Waals surface area contributed by atoms with E-state index in [1.54, 1.807) is 24.3 Å². The Balaban J connectivity index is 2.29. The number of aldehydes is 1. The summed E-state index contributed by atoms with van der Waals surface area (Å²) >= 11 is 0. The molecule has 0 aliphatic rings. The van der Waals surface area contributed by atoms with Gasteiger partial charge in [0.1, 0.15) is 5.82 Å². The second-order valence-electron chi connectivity index (χ2n) is 3.82. The molecule has 1 heterocycles. The summed E-state index contributed by atoms with van der Waals surface area (Å²) in [5, 5.41) is 1.24. The van der Waals surface area contributed by atoms with E-state index in [1.165, 1.54) is 12.3 Å². The second-order valence-corrected chi connectivity index (χ2v) is 3.82. The molecular weight excluding hydrogens is 233 g/mol. The first-order valence-corrected chi connectivity index (χ1v) is 5.38. The van der Waals surface area contributed by atoms with E-state index in [2.05, 4.69) is 4.98 Å². The third-order valence-electron chi connectivity index (χ3n) is 2.76. The van der Waals surface area contributed by atoms with Crippen LogP contribution in [0.5, 0.6) is 0 Å². The van der Waals surface area contributed by atoms with E-state index in [1.807, 2.05) is 6.07 Å². The lowest BCUT2D eigenvalue weighted by atomic mass is 10.0. The van der Waals surface area contributed by atoms with Crippen molar-refractivity contribution in [1.82, 2.24) is 4.98 Å². The fourth-order valence-electron chi connectivity index (χ4n) is 1.94. The Morgan fingerprint density at radius 3 is 2.61 bits per heavy atom. The number of fused-ring (bicyclic) bond motifs is 1. The zero-order chi connectivity index (χ0) is 12.5. The van der Waals surface area contributed by atoms with E-state index in [0.29, 0.717) is 23.0 Å². The minimum absolute atomic E-state index is 0.0124. The molecule has 3 nitrogen and oxygen atoms in total. The number of benzene rings is 2. The van der Waals surface area contributed by atoms with Gasteiger partial charge in [-0.15, -0.1) is 0 Å². The number of oxazole rings is 1. The minimum atomic E-state index is -0.288. The van der Waals surface area contributed by atoms with Crippen LogP contribution in [0, 0.1) is 5.82 Å². The van der Waals surface area contributed by atoms with Crippen molar-refractivity contribution in [1.29, 1.82) is 0 Å². The first-order valence-electron chi connectivity index (χ1n) is 5.38. The van der Waals surface area contributed by atoms with Gasteiger partial charge in [-0.05, 0) is 17.5 Å². The van der Waals surface area contributed by atoms with Gasteiger partial charge in [0.2, 0.25) is 6.29 Å². The normalized spacial score (nSPS) is 10.7. The number of hydrogen-bond acceptors (Lipinski definition) is 3. The van der Waals surface area contributed by atoms with Gasteiger partial charge in [-0.25, -0.2) is 9.37 Å². The van der Waals surface area contributed by atoms with Gasteiger partial charge in [-0.3, -0.25) is 4.79 Å². The summed E-state index contributed by atoms with van der Waals surface area (Å²) in [5.41, 5.74) is 0.715. The van der Waals surface area contributed by atoms with E-state index in [9.17, 15) is 9.18 Å². The van der Waals surface area contributed by atoms with Crippen molar-refractivity contribution in [3.05, 3.63) is 54.3 Å². The molecule has 18 heavy (non-hydrogen) atoms. The zero-order valence-corrected chi connectivity index (χ0v) is 9.26. The lowest BCUT2D eigenvalue weighted by molar-refractivity contribution is 0.109. The summed E-state index contributed by atoms with van der Waals surface area (Å²) < 4.78 is 18.9. The fraction of sp³-hybridized carbons (Fsp3) is 0. The summed E-state index contributed by atoms with van der Waals surface area (Å²) in [6, 6.07) is 10.1. The molecule has 0 radical (unpaired) electrons. The first-order chi connectivity index (χ1) is 8.79. The molecule has 3 rings (SSSR count). The van der Waals surface area contributed by atoms with Crippen LogP contribution in [0.3, 0.4) is 0 Å². The van der Waals surface area contributed by atoms with Crippen molar-refractivity contribution in [2.75, 3.05) is 0 Å². The minimum Gasteiger partial charge on any atom is -0.434 e. The Kier molecular flexibility index (Phi) is 2.41. The Morgan fingerprint density at radius 1 is 1.11 bits per heavy atom. The number of hydrogen-bond donors (Lipinski definition) is 0. The van der Waals surface area contributed by atoms with Crippen LogP contribution in [0.1, 0.15) is 10.7 Å². The first kappa shape index (κ1) is 10.7. The van der Waals surface area contributed by atoms with Gasteiger partial charge in [-0.1, -0.05) is 24.3 Å². The number of carbonyl (C=O) groups excluding carboxylic acids is 1. The van der Waals surface area contributed by atoms with Crippen LogP contribution >= 0.6 is 0 Å². The smallest absolute Gasteiger partial charge is 0.260 e. The highest BCUT2D eigenvalue weighted by Crippen LogP contribution is 2.30. The summed E-state index contributed by atoms with van der Waals surface area (Å²) in [6.07, 6.45) is 2.00. The van der Waals surface area contributed by atoms with Crippen molar-refractivity contribution in [2.24, 2.45) is 0 Å². The van der Waals surface area contributed by atoms with Crippen LogP contribution in [0.2, 0.25) is 0 Å². The van der Waals surface area contributed by atoms with Crippen molar-refractivity contribution >= 4 is 17.1 Å². The van der Waals surface area contributed by atoms with Crippen molar-refractivity contribution < 1.29 is 13.6 Å². The predicted octanol–water partition coefficient (Wildman–Crippen LogP) is 3.45. The highest BCUT2D eigenvalue weighted by atomic mass is 19.1. The zero-order valence-electron chi connectivity index (χ0n) is 9.26. The standard InChI is InChI=1S/C14H8FNO2/c15-12-6-5-11(9-3-1-2-4-10(9)12)13-7-16-14(8-17)18-13/h1-8H. The van der Waals surface area contributed by atoms with Gasteiger partial charge in [0.15, 0.2) is 5.76 Å². The molecule has 4 heteroatoms. The lowest BCUT2D eigenvalue weighted by Gasteiger charge is -2.04. The highest BCUT2D eigenvalue weighted by Gasteiger charge is 2.11. The van der Waals surface area contributed by atoms with Crippen molar-refractivity contribution in [3.63, 3.8) is 0 Å². The molecule has 0 saturated carbocycles. The monoisotopic (exact) mass is 241 g/mol. The molecule has 0 unspecified atom stereocenters. The van der Waals surface area contributed by atoms with Crippen LogP contribution in [0.15, 0.2) is 47.0 Å². The Morgan fingerprint density at radius 2 is 1.89 bits per heavy atom. The average molecular weight is 241 g/mol. The molecule has 0 fully saturated rings. The molecule has 88 valence electrons. The summed E-state index contributed by atoms with van der Waals surface area (Å²) in [4.78, 5) is 14.4. The van der Waals surface area contributed by atoms with Crippen LogP contribution in [-0.2, 0) is 0 Å². The summed E-state index contributed by atoms with van der Waals surface area (Å²) in [7, 11) is 0. The maximum atomic E-state index is 13.7. The van der Waals surface area contributed by atoms with E-state index >= 15 is 0 Å². The van der Waals surface area contributed by atoms with Gasteiger partial charge in [0.25, 0.3) is 5.89 Å². The molecule has 0 bridgehead atoms.